The maximum atomic E-state index is 12.0. The number of ether oxygens (including phenoxy) is 2. The van der Waals surface area contributed by atoms with Crippen LogP contribution in [0.3, 0.4) is 0 Å². The Morgan fingerprint density at radius 3 is 2.53 bits per heavy atom. The summed E-state index contributed by atoms with van der Waals surface area (Å²) in [5, 5.41) is 20.2. The average molecular weight is 593 g/mol. The van der Waals surface area contributed by atoms with Crippen molar-refractivity contribution in [2.24, 2.45) is 0 Å². The number of anilines is 1. The van der Waals surface area contributed by atoms with E-state index in [-0.39, 0.29) is 23.9 Å². The van der Waals surface area contributed by atoms with E-state index in [9.17, 15) is 19.7 Å². The van der Waals surface area contributed by atoms with Gasteiger partial charge in [0, 0.05) is 75.7 Å². The van der Waals surface area contributed by atoms with Crippen molar-refractivity contribution in [3.63, 3.8) is 0 Å². The Kier molecular flexibility index (Phi) is 9.28. The van der Waals surface area contributed by atoms with E-state index in [1.165, 1.54) is 12.1 Å². The molecule has 3 aliphatic rings. The van der Waals surface area contributed by atoms with Gasteiger partial charge in [0.25, 0.3) is 5.69 Å². The molecule has 0 radical (unpaired) electrons. The highest BCUT2D eigenvalue weighted by Crippen LogP contribution is 2.54. The number of carbonyl (C=O) groups is 2. The Hall–Kier alpha value is -4.00. The van der Waals surface area contributed by atoms with Gasteiger partial charge in [-0.15, -0.1) is 0 Å². The van der Waals surface area contributed by atoms with Gasteiger partial charge in [-0.25, -0.2) is 0 Å². The number of amides is 2. The second-order valence-corrected chi connectivity index (χ2v) is 11.5. The molecule has 2 amide bonds. The number of nitro groups is 1. The number of para-hydroxylation sites is 1. The summed E-state index contributed by atoms with van der Waals surface area (Å²) in [6, 6.07) is 13.0. The number of nitrogens with one attached hydrogen (secondary N) is 3. The van der Waals surface area contributed by atoms with E-state index in [0.717, 1.165) is 24.3 Å². The number of hydrogen-bond donors (Lipinski definition) is 3. The van der Waals surface area contributed by atoms with Gasteiger partial charge in [-0.1, -0.05) is 18.2 Å². The van der Waals surface area contributed by atoms with E-state index in [2.05, 4.69) is 51.7 Å². The zero-order chi connectivity index (χ0) is 30.5. The molecule has 12 heteroatoms. The van der Waals surface area contributed by atoms with Crippen molar-refractivity contribution in [3.8, 4) is 5.75 Å². The van der Waals surface area contributed by atoms with E-state index in [4.69, 9.17) is 9.47 Å². The van der Waals surface area contributed by atoms with Crippen LogP contribution in [-0.4, -0.2) is 92.9 Å². The lowest BCUT2D eigenvalue weighted by molar-refractivity contribution is -0.384. The van der Waals surface area contributed by atoms with E-state index in [0.29, 0.717) is 63.8 Å². The number of nitro benzene ring substituents is 1. The standard InChI is InChI=1S/C31H40N6O6/c1-30(2)25-5-3-4-6-26(25)36(31(30)10-9-23-21-24(37(40)41)7-8-27(23)43-31)18-20-42-19-17-35-15-13-32-11-12-33-28(38)22-29(39)34-14-16-35/h3-10,21,32H,11-20,22H2,1-2H3,(H,33,38)(H,34,39). The molecule has 3 N–H and O–H groups in total. The zero-order valence-corrected chi connectivity index (χ0v) is 24.8. The molecule has 0 saturated carbocycles. The number of fused-ring (bicyclic) bond motifs is 2. The third-order valence-electron chi connectivity index (χ3n) is 8.43. The third-order valence-corrected chi connectivity index (χ3v) is 8.43. The second kappa shape index (κ2) is 13.1. The monoisotopic (exact) mass is 592 g/mol. The van der Waals surface area contributed by atoms with Gasteiger partial charge in [0.1, 0.15) is 12.2 Å². The molecule has 0 aromatic heterocycles. The van der Waals surface area contributed by atoms with E-state index >= 15 is 0 Å². The Bertz CT molecular complexity index is 1380. The molecule has 230 valence electrons. The van der Waals surface area contributed by atoms with Crippen molar-refractivity contribution in [2.45, 2.75) is 31.4 Å². The minimum absolute atomic E-state index is 0.0280. The molecule has 5 rings (SSSR count). The molecule has 43 heavy (non-hydrogen) atoms. The smallest absolute Gasteiger partial charge is 0.270 e. The molecule has 1 spiro atoms. The summed E-state index contributed by atoms with van der Waals surface area (Å²) < 4.78 is 12.9. The van der Waals surface area contributed by atoms with Crippen LogP contribution in [0.15, 0.2) is 48.5 Å². The molecule has 2 aromatic carbocycles. The van der Waals surface area contributed by atoms with Gasteiger partial charge < -0.3 is 30.3 Å². The molecule has 0 bridgehead atoms. The van der Waals surface area contributed by atoms with Crippen LogP contribution in [0.25, 0.3) is 6.08 Å². The summed E-state index contributed by atoms with van der Waals surface area (Å²) in [7, 11) is 0. The SMILES string of the molecule is CC1(C)c2ccccc2N(CCOCCN2CCNCCNC(=O)CC(=O)NCC2)C12C=Cc1cc([N+](=O)[O-])ccc1O2. The number of nitrogens with zero attached hydrogens (tertiary/aromatic N) is 3. The van der Waals surface area contributed by atoms with Crippen molar-refractivity contribution >= 4 is 29.3 Å². The minimum atomic E-state index is -0.834. The van der Waals surface area contributed by atoms with Crippen molar-refractivity contribution in [1.82, 2.24) is 20.9 Å². The largest absolute Gasteiger partial charge is 0.463 e. The molecule has 3 heterocycles. The second-order valence-electron chi connectivity index (χ2n) is 11.5. The van der Waals surface area contributed by atoms with Crippen LogP contribution >= 0.6 is 0 Å². The first-order valence-electron chi connectivity index (χ1n) is 14.8. The number of rotatable bonds is 7. The quantitative estimate of drug-likeness (QED) is 0.191. The molecular formula is C31H40N6O6. The molecule has 3 aliphatic heterocycles. The fourth-order valence-corrected chi connectivity index (χ4v) is 6.06. The number of non-ortho nitro benzene ring substituents is 1. The van der Waals surface area contributed by atoms with Crippen LogP contribution in [0.2, 0.25) is 0 Å². The summed E-state index contributed by atoms with van der Waals surface area (Å²) in [6.07, 6.45) is 3.78. The first kappa shape index (κ1) is 30.5. The predicted octanol–water partition coefficient (Wildman–Crippen LogP) is 2.04. The summed E-state index contributed by atoms with van der Waals surface area (Å²) in [5.74, 6) is 0.0622. The normalized spacial score (nSPS) is 22.3. The van der Waals surface area contributed by atoms with Crippen molar-refractivity contribution in [3.05, 3.63) is 69.8 Å². The Morgan fingerprint density at radius 1 is 0.977 bits per heavy atom. The molecule has 12 nitrogen and oxygen atoms in total. The predicted molar refractivity (Wildman–Crippen MR) is 163 cm³/mol. The summed E-state index contributed by atoms with van der Waals surface area (Å²) >= 11 is 0. The highest BCUT2D eigenvalue weighted by molar-refractivity contribution is 5.96. The number of hydrogen-bond acceptors (Lipinski definition) is 9. The van der Waals surface area contributed by atoms with Crippen LogP contribution in [0.4, 0.5) is 11.4 Å². The van der Waals surface area contributed by atoms with E-state index in [1.807, 2.05) is 24.3 Å². The van der Waals surface area contributed by atoms with E-state index < -0.39 is 16.1 Å². The molecule has 2 aromatic rings. The molecule has 1 saturated heterocycles. The van der Waals surface area contributed by atoms with Crippen LogP contribution in [0.5, 0.6) is 5.75 Å². The van der Waals surface area contributed by atoms with Gasteiger partial charge in [-0.3, -0.25) is 24.6 Å². The van der Waals surface area contributed by atoms with Crippen LogP contribution in [0, 0.1) is 10.1 Å². The minimum Gasteiger partial charge on any atom is -0.463 e. The molecule has 0 aliphatic carbocycles. The topological polar surface area (TPSA) is 138 Å². The lowest BCUT2D eigenvalue weighted by Gasteiger charge is -2.47. The number of carbonyl (C=O) groups excluding carboxylic acids is 2. The maximum Gasteiger partial charge on any atom is 0.270 e. The fraction of sp³-hybridized carbons (Fsp3) is 0.484. The van der Waals surface area contributed by atoms with Crippen LogP contribution < -0.4 is 25.6 Å². The third kappa shape index (κ3) is 6.51. The first-order valence-corrected chi connectivity index (χ1v) is 14.8. The Balaban J connectivity index is 1.23. The maximum absolute atomic E-state index is 12.0. The molecule has 1 fully saturated rings. The van der Waals surface area contributed by atoms with Gasteiger partial charge in [0.05, 0.1) is 23.6 Å². The summed E-state index contributed by atoms with van der Waals surface area (Å²) in [4.78, 5) is 39.2. The van der Waals surface area contributed by atoms with Crippen LogP contribution in [-0.2, 0) is 19.7 Å². The van der Waals surface area contributed by atoms with Crippen LogP contribution in [0.1, 0.15) is 31.4 Å². The fourth-order valence-electron chi connectivity index (χ4n) is 6.06. The summed E-state index contributed by atoms with van der Waals surface area (Å²) in [6.45, 7) is 10.4. The molecule has 1 unspecified atom stereocenters. The van der Waals surface area contributed by atoms with Gasteiger partial charge in [0.15, 0.2) is 0 Å². The van der Waals surface area contributed by atoms with Gasteiger partial charge >= 0.3 is 0 Å². The molecule has 1 atom stereocenters. The lowest BCUT2D eigenvalue weighted by atomic mass is 9.76. The van der Waals surface area contributed by atoms with Crippen molar-refractivity contribution in [2.75, 3.05) is 70.5 Å². The summed E-state index contributed by atoms with van der Waals surface area (Å²) in [5.41, 5.74) is 1.68. The Morgan fingerprint density at radius 2 is 1.72 bits per heavy atom. The van der Waals surface area contributed by atoms with Gasteiger partial charge in [0.2, 0.25) is 17.5 Å². The van der Waals surface area contributed by atoms with Gasteiger partial charge in [-0.2, -0.15) is 0 Å². The molecular weight excluding hydrogens is 552 g/mol. The lowest BCUT2D eigenvalue weighted by Crippen LogP contribution is -2.60. The highest BCUT2D eigenvalue weighted by Gasteiger charge is 2.58. The Labute approximate surface area is 251 Å². The zero-order valence-electron chi connectivity index (χ0n) is 24.8. The van der Waals surface area contributed by atoms with Gasteiger partial charge in [-0.05, 0) is 43.7 Å². The highest BCUT2D eigenvalue weighted by atomic mass is 16.6. The van der Waals surface area contributed by atoms with Crippen molar-refractivity contribution < 1.29 is 24.0 Å². The first-order chi connectivity index (χ1) is 20.7. The van der Waals surface area contributed by atoms with E-state index in [1.54, 1.807) is 6.07 Å². The average Bonchev–Trinajstić information content (AvgIpc) is 3.16. The number of benzene rings is 2. The van der Waals surface area contributed by atoms with Crippen molar-refractivity contribution in [1.29, 1.82) is 0 Å².